The Balaban J connectivity index is 1.53. The Kier molecular flexibility index (Phi) is 6.67. The summed E-state index contributed by atoms with van der Waals surface area (Å²) in [5, 5.41) is 13.5. The predicted octanol–water partition coefficient (Wildman–Crippen LogP) is 2.77. The fraction of sp³-hybridized carbons (Fsp3) is 0.632. The summed E-state index contributed by atoms with van der Waals surface area (Å²) in [6.45, 7) is 7.64. The summed E-state index contributed by atoms with van der Waals surface area (Å²) in [5.41, 5.74) is 0.868. The number of benzene rings is 1. The molecule has 2 aliphatic rings. The van der Waals surface area contributed by atoms with E-state index >= 15 is 0 Å². The molecule has 0 bridgehead atoms. The van der Waals surface area contributed by atoms with E-state index in [1.807, 2.05) is 11.8 Å². The van der Waals surface area contributed by atoms with Crippen LogP contribution in [-0.4, -0.2) is 66.1 Å². The van der Waals surface area contributed by atoms with Crippen LogP contribution >= 0.6 is 23.2 Å². The van der Waals surface area contributed by atoms with Crippen molar-refractivity contribution in [3.05, 3.63) is 27.7 Å². The predicted molar refractivity (Wildman–Crippen MR) is 105 cm³/mol. The van der Waals surface area contributed by atoms with E-state index in [1.165, 1.54) is 12.8 Å². The van der Waals surface area contributed by atoms with Gasteiger partial charge in [0.2, 0.25) is 5.91 Å². The van der Waals surface area contributed by atoms with Crippen LogP contribution in [0, 0.1) is 5.92 Å². The minimum Gasteiger partial charge on any atom is -0.505 e. The van der Waals surface area contributed by atoms with Crippen LogP contribution in [0.3, 0.4) is 0 Å². The van der Waals surface area contributed by atoms with Crippen molar-refractivity contribution in [2.24, 2.45) is 5.92 Å². The Morgan fingerprint density at radius 3 is 2.35 bits per heavy atom. The van der Waals surface area contributed by atoms with Crippen molar-refractivity contribution in [2.75, 3.05) is 39.3 Å². The number of nitrogens with one attached hydrogen (secondary N) is 1. The van der Waals surface area contributed by atoms with Crippen LogP contribution in [-0.2, 0) is 11.2 Å². The van der Waals surface area contributed by atoms with Crippen molar-refractivity contribution in [3.8, 4) is 5.75 Å². The average molecular weight is 400 g/mol. The molecule has 2 saturated heterocycles. The molecular weight excluding hydrogens is 373 g/mol. The maximum absolute atomic E-state index is 12.8. The first-order valence-corrected chi connectivity index (χ1v) is 10.1. The number of halogens is 2. The molecule has 0 aliphatic carbocycles. The number of phenolic OH excluding ortho intramolecular Hbond substituents is 1. The maximum atomic E-state index is 12.8. The normalized spacial score (nSPS) is 21.0. The van der Waals surface area contributed by atoms with Gasteiger partial charge in [0, 0.05) is 38.1 Å². The SMILES string of the molecule is C[C@H](Cc1cc(Cl)c(O)c(Cl)c1)C(=O)N1CCN(C2CCNCC2)CC1. The molecule has 5 nitrogen and oxygen atoms in total. The maximum Gasteiger partial charge on any atom is 0.225 e. The van der Waals surface area contributed by atoms with Crippen LogP contribution in [0.2, 0.25) is 10.0 Å². The lowest BCUT2D eigenvalue weighted by atomic mass is 9.99. The summed E-state index contributed by atoms with van der Waals surface area (Å²) < 4.78 is 0. The topological polar surface area (TPSA) is 55.8 Å². The smallest absolute Gasteiger partial charge is 0.225 e. The van der Waals surface area contributed by atoms with E-state index in [0.717, 1.165) is 44.8 Å². The van der Waals surface area contributed by atoms with Gasteiger partial charge in [-0.15, -0.1) is 0 Å². The van der Waals surface area contributed by atoms with Gasteiger partial charge in [0.1, 0.15) is 0 Å². The number of piperazine rings is 1. The van der Waals surface area contributed by atoms with Gasteiger partial charge >= 0.3 is 0 Å². The first-order valence-electron chi connectivity index (χ1n) is 9.36. The van der Waals surface area contributed by atoms with E-state index in [2.05, 4.69) is 10.2 Å². The third-order valence-electron chi connectivity index (χ3n) is 5.49. The molecule has 1 amide bonds. The second-order valence-electron chi connectivity index (χ2n) is 7.36. The van der Waals surface area contributed by atoms with Gasteiger partial charge in [-0.2, -0.15) is 0 Å². The summed E-state index contributed by atoms with van der Waals surface area (Å²) in [5.74, 6) is -0.0718. The highest BCUT2D eigenvalue weighted by atomic mass is 35.5. The van der Waals surface area contributed by atoms with Gasteiger partial charge in [0.15, 0.2) is 5.75 Å². The number of phenols is 1. The van der Waals surface area contributed by atoms with Gasteiger partial charge in [-0.05, 0) is 50.0 Å². The van der Waals surface area contributed by atoms with Crippen LogP contribution in [0.5, 0.6) is 5.75 Å². The van der Waals surface area contributed by atoms with Crippen molar-refractivity contribution in [3.63, 3.8) is 0 Å². The monoisotopic (exact) mass is 399 g/mol. The fourth-order valence-corrected chi connectivity index (χ4v) is 4.50. The molecule has 3 rings (SSSR count). The molecule has 2 heterocycles. The van der Waals surface area contributed by atoms with Gasteiger partial charge in [0.25, 0.3) is 0 Å². The molecule has 0 spiro atoms. The highest BCUT2D eigenvalue weighted by Crippen LogP contribution is 2.33. The molecule has 0 radical (unpaired) electrons. The molecule has 1 aromatic rings. The third-order valence-corrected chi connectivity index (χ3v) is 6.07. The van der Waals surface area contributed by atoms with Gasteiger partial charge in [0.05, 0.1) is 10.0 Å². The number of rotatable bonds is 4. The van der Waals surface area contributed by atoms with Gasteiger partial charge in [-0.1, -0.05) is 30.1 Å². The molecular formula is C19H27Cl2N3O2. The van der Waals surface area contributed by atoms with Crippen LogP contribution in [0.15, 0.2) is 12.1 Å². The summed E-state index contributed by atoms with van der Waals surface area (Å²) in [6.07, 6.45) is 2.96. The zero-order valence-corrected chi connectivity index (χ0v) is 16.7. The molecule has 0 saturated carbocycles. The number of carbonyl (C=O) groups is 1. The van der Waals surface area contributed by atoms with Gasteiger partial charge in [-0.25, -0.2) is 0 Å². The highest BCUT2D eigenvalue weighted by Gasteiger charge is 2.29. The van der Waals surface area contributed by atoms with Crippen molar-refractivity contribution >= 4 is 29.1 Å². The van der Waals surface area contributed by atoms with Crippen LogP contribution in [0.4, 0.5) is 0 Å². The first kappa shape index (κ1) is 19.7. The lowest BCUT2D eigenvalue weighted by Crippen LogP contribution is -2.54. The zero-order chi connectivity index (χ0) is 18.7. The van der Waals surface area contributed by atoms with Crippen molar-refractivity contribution in [2.45, 2.75) is 32.2 Å². The largest absolute Gasteiger partial charge is 0.505 e. The number of hydrogen-bond donors (Lipinski definition) is 2. The summed E-state index contributed by atoms with van der Waals surface area (Å²) in [6, 6.07) is 4.02. The minimum atomic E-state index is -0.142. The molecule has 2 aliphatic heterocycles. The van der Waals surface area contributed by atoms with E-state index < -0.39 is 0 Å². The number of hydrogen-bond acceptors (Lipinski definition) is 4. The van der Waals surface area contributed by atoms with E-state index in [1.54, 1.807) is 12.1 Å². The Hall–Kier alpha value is -1.01. The highest BCUT2D eigenvalue weighted by molar-refractivity contribution is 6.37. The summed E-state index contributed by atoms with van der Waals surface area (Å²) in [4.78, 5) is 17.3. The minimum absolute atomic E-state index is 0.106. The summed E-state index contributed by atoms with van der Waals surface area (Å²) >= 11 is 12.0. The van der Waals surface area contributed by atoms with Crippen molar-refractivity contribution in [1.82, 2.24) is 15.1 Å². The van der Waals surface area contributed by atoms with Crippen molar-refractivity contribution in [1.29, 1.82) is 0 Å². The van der Waals surface area contributed by atoms with E-state index in [-0.39, 0.29) is 27.6 Å². The third kappa shape index (κ3) is 4.63. The molecule has 0 aromatic heterocycles. The van der Waals surface area contributed by atoms with Crippen LogP contribution < -0.4 is 5.32 Å². The summed E-state index contributed by atoms with van der Waals surface area (Å²) in [7, 11) is 0. The van der Waals surface area contributed by atoms with Crippen molar-refractivity contribution < 1.29 is 9.90 Å². The molecule has 144 valence electrons. The standard InChI is InChI=1S/C19H27Cl2N3O2/c1-13(10-14-11-16(20)18(25)17(21)12-14)19(26)24-8-6-23(7-9-24)15-2-4-22-5-3-15/h11-13,15,22,25H,2-10H2,1H3/t13-/m1/s1. The second-order valence-corrected chi connectivity index (χ2v) is 8.17. The fourth-order valence-electron chi connectivity index (χ4n) is 3.97. The first-order chi connectivity index (χ1) is 12.5. The van der Waals surface area contributed by atoms with E-state index in [0.29, 0.717) is 12.5 Å². The number of nitrogens with zero attached hydrogens (tertiary/aromatic N) is 2. The molecule has 2 fully saturated rings. The Morgan fingerprint density at radius 1 is 1.19 bits per heavy atom. The molecule has 0 unspecified atom stereocenters. The molecule has 26 heavy (non-hydrogen) atoms. The number of aromatic hydroxyl groups is 1. The number of amides is 1. The Labute approximate surface area is 165 Å². The molecule has 1 aromatic carbocycles. The molecule has 2 N–H and O–H groups in total. The van der Waals surface area contributed by atoms with E-state index in [9.17, 15) is 9.90 Å². The van der Waals surface area contributed by atoms with E-state index in [4.69, 9.17) is 23.2 Å². The molecule has 7 heteroatoms. The second kappa shape index (κ2) is 8.79. The van der Waals surface area contributed by atoms with Crippen LogP contribution in [0.1, 0.15) is 25.3 Å². The lowest BCUT2D eigenvalue weighted by Gasteiger charge is -2.41. The van der Waals surface area contributed by atoms with Gasteiger partial charge < -0.3 is 15.3 Å². The quantitative estimate of drug-likeness (QED) is 0.816. The number of piperidine rings is 1. The zero-order valence-electron chi connectivity index (χ0n) is 15.2. The average Bonchev–Trinajstić information content (AvgIpc) is 2.66. The Morgan fingerprint density at radius 2 is 1.77 bits per heavy atom. The molecule has 1 atom stereocenters. The van der Waals surface area contributed by atoms with Crippen LogP contribution in [0.25, 0.3) is 0 Å². The lowest BCUT2D eigenvalue weighted by molar-refractivity contribution is -0.137. The van der Waals surface area contributed by atoms with Gasteiger partial charge in [-0.3, -0.25) is 9.69 Å². The number of carbonyl (C=O) groups excluding carboxylic acids is 1. The Bertz CT molecular complexity index is 619.